The molecule has 0 spiro atoms. The fourth-order valence-electron chi connectivity index (χ4n) is 2.82. The van der Waals surface area contributed by atoms with Gasteiger partial charge in [-0.1, -0.05) is 12.1 Å². The Hall–Kier alpha value is -0.850. The molecular formula is C17H24N2O2S2. The summed E-state index contributed by atoms with van der Waals surface area (Å²) in [4.78, 5) is 14.0. The zero-order chi connectivity index (χ0) is 16.1. The second-order valence-corrected chi connectivity index (χ2v) is 8.66. The van der Waals surface area contributed by atoms with Crippen molar-refractivity contribution < 1.29 is 9.53 Å². The van der Waals surface area contributed by atoms with Crippen LogP contribution in [0.25, 0.3) is 0 Å². The number of likely N-dealkylation sites (N-methyl/N-ethyl adjacent to an activating group) is 1. The summed E-state index contributed by atoms with van der Waals surface area (Å²) in [6, 6.07) is 8.51. The Kier molecular flexibility index (Phi) is 6.14. The number of benzene rings is 1. The fourth-order valence-corrected chi connectivity index (χ4v) is 5.72. The van der Waals surface area contributed by atoms with E-state index in [2.05, 4.69) is 17.4 Å². The molecule has 4 nitrogen and oxygen atoms in total. The van der Waals surface area contributed by atoms with Crippen LogP contribution >= 0.6 is 23.5 Å². The molecular weight excluding hydrogens is 328 g/mol. The number of amides is 1. The molecule has 3 rings (SSSR count). The van der Waals surface area contributed by atoms with Gasteiger partial charge in [-0.15, -0.1) is 23.5 Å². The summed E-state index contributed by atoms with van der Waals surface area (Å²) < 4.78 is 6.21. The lowest BCUT2D eigenvalue weighted by Crippen LogP contribution is -2.40. The maximum atomic E-state index is 12.2. The SMILES string of the molecule is CN(C(=O)COc1ccc(C2SCCCS2)cc1)C1CCNC1. The molecule has 0 aliphatic carbocycles. The number of ether oxygens (including phenoxy) is 1. The predicted octanol–water partition coefficient (Wildman–Crippen LogP) is 2.75. The van der Waals surface area contributed by atoms with Crippen LogP contribution in [0.1, 0.15) is 23.0 Å². The molecule has 2 aliphatic heterocycles. The minimum atomic E-state index is 0.0427. The Labute approximate surface area is 146 Å². The van der Waals surface area contributed by atoms with Gasteiger partial charge in [-0.2, -0.15) is 0 Å². The van der Waals surface area contributed by atoms with Crippen LogP contribution in [0.2, 0.25) is 0 Å². The van der Waals surface area contributed by atoms with Gasteiger partial charge in [-0.3, -0.25) is 4.79 Å². The molecule has 6 heteroatoms. The third kappa shape index (κ3) is 4.58. The normalized spacial score (nSPS) is 22.0. The van der Waals surface area contributed by atoms with E-state index in [0.717, 1.165) is 25.3 Å². The van der Waals surface area contributed by atoms with E-state index in [1.807, 2.05) is 47.6 Å². The van der Waals surface area contributed by atoms with E-state index in [4.69, 9.17) is 4.74 Å². The van der Waals surface area contributed by atoms with Crippen molar-refractivity contribution in [2.45, 2.75) is 23.5 Å². The Morgan fingerprint density at radius 2 is 2.04 bits per heavy atom. The maximum absolute atomic E-state index is 12.2. The van der Waals surface area contributed by atoms with Crippen molar-refractivity contribution >= 4 is 29.4 Å². The van der Waals surface area contributed by atoms with E-state index >= 15 is 0 Å². The molecule has 23 heavy (non-hydrogen) atoms. The van der Waals surface area contributed by atoms with E-state index in [-0.39, 0.29) is 12.5 Å². The first-order valence-corrected chi connectivity index (χ1v) is 10.3. The predicted molar refractivity (Wildman–Crippen MR) is 98.3 cm³/mol. The van der Waals surface area contributed by atoms with Crippen molar-refractivity contribution in [2.24, 2.45) is 0 Å². The zero-order valence-corrected chi connectivity index (χ0v) is 15.1. The number of rotatable bonds is 5. The maximum Gasteiger partial charge on any atom is 0.260 e. The van der Waals surface area contributed by atoms with E-state index in [9.17, 15) is 4.79 Å². The number of hydrogen-bond donors (Lipinski definition) is 1. The first-order valence-electron chi connectivity index (χ1n) is 8.16. The summed E-state index contributed by atoms with van der Waals surface area (Å²) in [5, 5.41) is 3.28. The average molecular weight is 353 g/mol. The topological polar surface area (TPSA) is 41.6 Å². The van der Waals surface area contributed by atoms with Crippen molar-refractivity contribution in [1.82, 2.24) is 10.2 Å². The molecule has 1 aromatic rings. The second-order valence-electron chi connectivity index (χ2n) is 5.94. The number of hydrogen-bond acceptors (Lipinski definition) is 5. The minimum Gasteiger partial charge on any atom is -0.484 e. The molecule has 1 N–H and O–H groups in total. The first-order chi connectivity index (χ1) is 11.2. The lowest BCUT2D eigenvalue weighted by Gasteiger charge is -2.24. The Bertz CT molecular complexity index is 512. The van der Waals surface area contributed by atoms with Gasteiger partial charge in [0.05, 0.1) is 4.58 Å². The highest BCUT2D eigenvalue weighted by Gasteiger charge is 2.23. The zero-order valence-electron chi connectivity index (χ0n) is 13.5. The molecule has 2 fully saturated rings. The molecule has 1 amide bonds. The molecule has 0 aromatic heterocycles. The lowest BCUT2D eigenvalue weighted by molar-refractivity contribution is -0.133. The van der Waals surface area contributed by atoms with Gasteiger partial charge in [-0.05, 0) is 48.6 Å². The number of carbonyl (C=O) groups is 1. The number of carbonyl (C=O) groups excluding carboxylic acids is 1. The molecule has 2 saturated heterocycles. The van der Waals surface area contributed by atoms with Gasteiger partial charge in [-0.25, -0.2) is 0 Å². The Morgan fingerprint density at radius 1 is 1.30 bits per heavy atom. The van der Waals surface area contributed by atoms with Crippen LogP contribution in [0.5, 0.6) is 5.75 Å². The summed E-state index contributed by atoms with van der Waals surface area (Å²) in [5.41, 5.74) is 1.34. The lowest BCUT2D eigenvalue weighted by atomic mass is 10.2. The number of nitrogens with zero attached hydrogens (tertiary/aromatic N) is 1. The van der Waals surface area contributed by atoms with Crippen LogP contribution in [0.3, 0.4) is 0 Å². The highest BCUT2D eigenvalue weighted by molar-refractivity contribution is 8.16. The van der Waals surface area contributed by atoms with Gasteiger partial charge in [0.25, 0.3) is 5.91 Å². The summed E-state index contributed by atoms with van der Waals surface area (Å²) in [7, 11) is 1.87. The molecule has 1 unspecified atom stereocenters. The third-order valence-electron chi connectivity index (χ3n) is 4.32. The number of thioether (sulfide) groups is 2. The van der Waals surface area contributed by atoms with Crippen molar-refractivity contribution in [3.8, 4) is 5.75 Å². The average Bonchev–Trinajstić information content (AvgIpc) is 3.15. The smallest absolute Gasteiger partial charge is 0.260 e. The van der Waals surface area contributed by atoms with E-state index in [1.54, 1.807) is 0 Å². The standard InChI is InChI=1S/C17H24N2O2S2/c1-19(14-7-8-18-11-14)16(20)12-21-15-5-3-13(4-6-15)17-22-9-2-10-23-17/h3-6,14,17-18H,2,7-12H2,1H3. The third-order valence-corrected chi connectivity index (χ3v) is 7.33. The molecule has 1 aromatic carbocycles. The molecule has 1 atom stereocenters. The van der Waals surface area contributed by atoms with Gasteiger partial charge in [0.1, 0.15) is 5.75 Å². The van der Waals surface area contributed by atoms with Gasteiger partial charge in [0.2, 0.25) is 0 Å². The van der Waals surface area contributed by atoms with E-state index in [0.29, 0.717) is 10.6 Å². The van der Waals surface area contributed by atoms with Crippen molar-refractivity contribution in [2.75, 3.05) is 38.2 Å². The summed E-state index contributed by atoms with van der Waals surface area (Å²) in [5.74, 6) is 3.30. The van der Waals surface area contributed by atoms with Crippen LogP contribution < -0.4 is 10.1 Å². The van der Waals surface area contributed by atoms with Crippen LogP contribution in [0, 0.1) is 0 Å². The van der Waals surface area contributed by atoms with Gasteiger partial charge in [0.15, 0.2) is 6.61 Å². The molecule has 0 radical (unpaired) electrons. The quantitative estimate of drug-likeness (QED) is 0.882. The fraction of sp³-hybridized carbons (Fsp3) is 0.588. The van der Waals surface area contributed by atoms with Crippen molar-refractivity contribution in [1.29, 1.82) is 0 Å². The first kappa shape index (κ1) is 17.0. The summed E-state index contributed by atoms with van der Waals surface area (Å²) in [6.45, 7) is 1.98. The monoisotopic (exact) mass is 352 g/mol. The van der Waals surface area contributed by atoms with Crippen molar-refractivity contribution in [3.63, 3.8) is 0 Å². The van der Waals surface area contributed by atoms with Crippen molar-refractivity contribution in [3.05, 3.63) is 29.8 Å². The highest BCUT2D eigenvalue weighted by Crippen LogP contribution is 2.43. The number of nitrogens with one attached hydrogen (secondary N) is 1. The van der Waals surface area contributed by atoms with Gasteiger partial charge < -0.3 is 15.0 Å². The Balaban J connectivity index is 1.49. The Morgan fingerprint density at radius 3 is 2.70 bits per heavy atom. The molecule has 126 valence electrons. The van der Waals surface area contributed by atoms with Crippen LogP contribution in [0.4, 0.5) is 0 Å². The highest BCUT2D eigenvalue weighted by atomic mass is 32.2. The molecule has 2 heterocycles. The van der Waals surface area contributed by atoms with E-state index in [1.165, 1.54) is 23.5 Å². The largest absolute Gasteiger partial charge is 0.484 e. The summed E-state index contributed by atoms with van der Waals surface area (Å²) >= 11 is 4.03. The van der Waals surface area contributed by atoms with Crippen LogP contribution in [0.15, 0.2) is 24.3 Å². The van der Waals surface area contributed by atoms with Crippen LogP contribution in [-0.2, 0) is 4.79 Å². The summed E-state index contributed by atoms with van der Waals surface area (Å²) in [6.07, 6.45) is 2.33. The molecule has 2 aliphatic rings. The molecule has 0 bridgehead atoms. The minimum absolute atomic E-state index is 0.0427. The van der Waals surface area contributed by atoms with Crippen LogP contribution in [-0.4, -0.2) is 55.1 Å². The second kappa shape index (κ2) is 8.31. The molecule has 0 saturated carbocycles. The van der Waals surface area contributed by atoms with Gasteiger partial charge in [0, 0.05) is 19.6 Å². The van der Waals surface area contributed by atoms with E-state index < -0.39 is 0 Å². The van der Waals surface area contributed by atoms with Gasteiger partial charge >= 0.3 is 0 Å².